The smallest absolute Gasteiger partial charge is 0.271 e. The number of anilines is 1. The highest BCUT2D eigenvalue weighted by atomic mass is 16.5. The zero-order chi connectivity index (χ0) is 17.4. The Balaban J connectivity index is 2.02. The zero-order valence-electron chi connectivity index (χ0n) is 13.4. The molecule has 0 aliphatic carbocycles. The van der Waals surface area contributed by atoms with Gasteiger partial charge in [-0.15, -0.1) is 0 Å². The molecule has 24 heavy (non-hydrogen) atoms. The van der Waals surface area contributed by atoms with Crippen molar-refractivity contribution in [2.24, 2.45) is 5.10 Å². The molecule has 0 radical (unpaired) electrons. The molecule has 6 nitrogen and oxygen atoms in total. The van der Waals surface area contributed by atoms with Gasteiger partial charge in [0, 0.05) is 11.3 Å². The van der Waals surface area contributed by atoms with E-state index in [1.165, 1.54) is 6.21 Å². The molecular weight excluding hydrogens is 306 g/mol. The molecule has 0 spiro atoms. The van der Waals surface area contributed by atoms with E-state index in [1.807, 2.05) is 0 Å². The van der Waals surface area contributed by atoms with Crippen LogP contribution in [0.3, 0.4) is 0 Å². The first-order valence-electron chi connectivity index (χ1n) is 7.24. The van der Waals surface area contributed by atoms with Gasteiger partial charge in [0.05, 0.1) is 13.3 Å². The number of rotatable bonds is 7. The quantitative estimate of drug-likeness (QED) is 0.355. The van der Waals surface area contributed by atoms with Gasteiger partial charge < -0.3 is 15.2 Å². The number of nitrogens with zero attached hydrogens (tertiary/aromatic N) is 1. The summed E-state index contributed by atoms with van der Waals surface area (Å²) in [6.45, 7) is 3.99. The molecule has 2 aromatic carbocycles. The first-order valence-corrected chi connectivity index (χ1v) is 7.24. The second kappa shape index (κ2) is 8.38. The predicted octanol–water partition coefficient (Wildman–Crippen LogP) is 2.61. The Morgan fingerprint density at radius 1 is 1.25 bits per heavy atom. The first-order chi connectivity index (χ1) is 11.6. The molecule has 3 N–H and O–H groups in total. The van der Waals surface area contributed by atoms with E-state index in [0.29, 0.717) is 29.4 Å². The number of carbonyl (C=O) groups excluding carboxylic acids is 1. The zero-order valence-corrected chi connectivity index (χ0v) is 13.4. The van der Waals surface area contributed by atoms with Crippen molar-refractivity contribution >= 4 is 17.8 Å². The number of hydrogen-bond acceptors (Lipinski definition) is 5. The summed E-state index contributed by atoms with van der Waals surface area (Å²) in [7, 11) is 1.56. The summed E-state index contributed by atoms with van der Waals surface area (Å²) in [4.78, 5) is 11.9. The van der Waals surface area contributed by atoms with E-state index < -0.39 is 0 Å². The SMILES string of the molecule is C=CCOc1ccc(/C=N/NC(=O)c2ccc(N)cc2)cc1OC. The van der Waals surface area contributed by atoms with Gasteiger partial charge in [0.1, 0.15) is 6.61 Å². The fourth-order valence-corrected chi connectivity index (χ4v) is 1.90. The normalized spacial score (nSPS) is 10.4. The topological polar surface area (TPSA) is 85.9 Å². The Bertz CT molecular complexity index is 740. The maximum atomic E-state index is 11.9. The van der Waals surface area contributed by atoms with Crippen LogP contribution in [0.15, 0.2) is 60.2 Å². The standard InChI is InChI=1S/C18H19N3O3/c1-3-10-24-16-9-4-13(11-17(16)23-2)12-20-21-18(22)14-5-7-15(19)8-6-14/h3-9,11-12H,1,10,19H2,2H3,(H,21,22)/b20-12+. The highest BCUT2D eigenvalue weighted by Gasteiger charge is 2.05. The van der Waals surface area contributed by atoms with Gasteiger partial charge in [0.2, 0.25) is 0 Å². The van der Waals surface area contributed by atoms with Crippen molar-refractivity contribution in [3.8, 4) is 11.5 Å². The van der Waals surface area contributed by atoms with Crippen molar-refractivity contribution in [2.45, 2.75) is 0 Å². The lowest BCUT2D eigenvalue weighted by molar-refractivity contribution is 0.0955. The summed E-state index contributed by atoms with van der Waals surface area (Å²) < 4.78 is 10.7. The van der Waals surface area contributed by atoms with Crippen LogP contribution in [0.1, 0.15) is 15.9 Å². The molecule has 2 rings (SSSR count). The van der Waals surface area contributed by atoms with Crippen LogP contribution in [0, 0.1) is 0 Å². The van der Waals surface area contributed by atoms with Crippen LogP contribution in [0.25, 0.3) is 0 Å². The van der Waals surface area contributed by atoms with Crippen molar-refractivity contribution < 1.29 is 14.3 Å². The highest BCUT2D eigenvalue weighted by Crippen LogP contribution is 2.27. The average Bonchev–Trinajstić information content (AvgIpc) is 2.60. The van der Waals surface area contributed by atoms with Gasteiger partial charge in [-0.2, -0.15) is 5.10 Å². The van der Waals surface area contributed by atoms with E-state index in [0.717, 1.165) is 5.56 Å². The van der Waals surface area contributed by atoms with E-state index in [9.17, 15) is 4.79 Å². The monoisotopic (exact) mass is 325 g/mol. The number of hydrazone groups is 1. The molecule has 2 aromatic rings. The van der Waals surface area contributed by atoms with Crippen molar-refractivity contribution in [3.05, 3.63) is 66.2 Å². The summed E-state index contributed by atoms with van der Waals surface area (Å²) in [5.74, 6) is 0.871. The third-order valence-corrected chi connectivity index (χ3v) is 3.10. The molecule has 0 aliphatic heterocycles. The van der Waals surface area contributed by atoms with E-state index in [2.05, 4.69) is 17.1 Å². The number of ether oxygens (including phenoxy) is 2. The predicted molar refractivity (Wildman–Crippen MR) is 94.6 cm³/mol. The third kappa shape index (κ3) is 4.61. The second-order valence-electron chi connectivity index (χ2n) is 4.83. The van der Waals surface area contributed by atoms with Crippen LogP contribution in [0.5, 0.6) is 11.5 Å². The average molecular weight is 325 g/mol. The molecule has 0 aromatic heterocycles. The molecule has 6 heteroatoms. The Morgan fingerprint density at radius 3 is 2.67 bits per heavy atom. The summed E-state index contributed by atoms with van der Waals surface area (Å²) in [5, 5.41) is 3.94. The summed E-state index contributed by atoms with van der Waals surface area (Å²) in [5.41, 5.74) is 9.88. The number of carbonyl (C=O) groups is 1. The maximum absolute atomic E-state index is 11.9. The minimum absolute atomic E-state index is 0.316. The lowest BCUT2D eigenvalue weighted by atomic mass is 10.2. The van der Waals surface area contributed by atoms with Gasteiger partial charge in [-0.3, -0.25) is 4.79 Å². The lowest BCUT2D eigenvalue weighted by Gasteiger charge is -2.09. The number of nitrogens with one attached hydrogen (secondary N) is 1. The minimum atomic E-state index is -0.316. The summed E-state index contributed by atoms with van der Waals surface area (Å²) in [6.07, 6.45) is 3.18. The number of methoxy groups -OCH3 is 1. The van der Waals surface area contributed by atoms with Crippen molar-refractivity contribution in [2.75, 3.05) is 19.5 Å². The van der Waals surface area contributed by atoms with Gasteiger partial charge >= 0.3 is 0 Å². The van der Waals surface area contributed by atoms with Crippen LogP contribution in [-0.4, -0.2) is 25.8 Å². The van der Waals surface area contributed by atoms with Crippen molar-refractivity contribution in [1.82, 2.24) is 5.43 Å². The largest absolute Gasteiger partial charge is 0.493 e. The van der Waals surface area contributed by atoms with E-state index in [4.69, 9.17) is 15.2 Å². The number of hydrogen-bond donors (Lipinski definition) is 2. The number of nitrogens with two attached hydrogens (primary N) is 1. The molecule has 0 aliphatic rings. The number of benzene rings is 2. The van der Waals surface area contributed by atoms with Gasteiger partial charge in [0.25, 0.3) is 5.91 Å². The van der Waals surface area contributed by atoms with Crippen LogP contribution in [0.4, 0.5) is 5.69 Å². The molecule has 0 bridgehead atoms. The Labute approximate surface area is 140 Å². The second-order valence-corrected chi connectivity index (χ2v) is 4.83. The van der Waals surface area contributed by atoms with E-state index in [1.54, 1.807) is 55.7 Å². The van der Waals surface area contributed by atoms with Crippen molar-refractivity contribution in [1.29, 1.82) is 0 Å². The number of nitrogen functional groups attached to an aromatic ring is 1. The van der Waals surface area contributed by atoms with Gasteiger partial charge in [-0.1, -0.05) is 12.7 Å². The highest BCUT2D eigenvalue weighted by molar-refractivity contribution is 5.95. The molecule has 0 saturated carbocycles. The molecule has 0 unspecified atom stereocenters. The van der Waals surface area contributed by atoms with Gasteiger partial charge in [-0.05, 0) is 48.0 Å². The molecule has 0 fully saturated rings. The first kappa shape index (κ1) is 17.1. The Hall–Kier alpha value is -3.28. The third-order valence-electron chi connectivity index (χ3n) is 3.10. The summed E-state index contributed by atoms with van der Waals surface area (Å²) >= 11 is 0. The molecule has 1 amide bonds. The lowest BCUT2D eigenvalue weighted by Crippen LogP contribution is -2.17. The van der Waals surface area contributed by atoms with Gasteiger partial charge in [-0.25, -0.2) is 5.43 Å². The van der Waals surface area contributed by atoms with Crippen molar-refractivity contribution in [3.63, 3.8) is 0 Å². The molecular formula is C18H19N3O3. The van der Waals surface area contributed by atoms with Crippen LogP contribution in [0.2, 0.25) is 0 Å². The maximum Gasteiger partial charge on any atom is 0.271 e. The van der Waals surface area contributed by atoms with E-state index in [-0.39, 0.29) is 5.91 Å². The van der Waals surface area contributed by atoms with Crippen LogP contribution < -0.4 is 20.6 Å². The number of amides is 1. The van der Waals surface area contributed by atoms with E-state index >= 15 is 0 Å². The Morgan fingerprint density at radius 2 is 2.00 bits per heavy atom. The Kier molecular flexibility index (Phi) is 5.96. The molecule has 0 saturated heterocycles. The fourth-order valence-electron chi connectivity index (χ4n) is 1.90. The minimum Gasteiger partial charge on any atom is -0.493 e. The summed E-state index contributed by atoms with van der Waals surface area (Å²) in [6, 6.07) is 11.9. The van der Waals surface area contributed by atoms with Crippen LogP contribution in [-0.2, 0) is 0 Å². The van der Waals surface area contributed by atoms with Crippen LogP contribution >= 0.6 is 0 Å². The van der Waals surface area contributed by atoms with Gasteiger partial charge in [0.15, 0.2) is 11.5 Å². The molecule has 0 heterocycles. The molecule has 124 valence electrons. The molecule has 0 atom stereocenters. The fraction of sp³-hybridized carbons (Fsp3) is 0.111.